The summed E-state index contributed by atoms with van der Waals surface area (Å²) >= 11 is 0. The summed E-state index contributed by atoms with van der Waals surface area (Å²) in [5, 5.41) is 0.919. The molecule has 1 heterocycles. The number of fused-ring (bicyclic) bond motifs is 3. The molecule has 6 aromatic rings. The molecule has 0 saturated heterocycles. The first-order chi connectivity index (χ1) is 22.9. The van der Waals surface area contributed by atoms with E-state index in [0.29, 0.717) is 5.92 Å². The summed E-state index contributed by atoms with van der Waals surface area (Å²) in [7, 11) is -2.40. The molecule has 0 N–H and O–H groups in total. The van der Waals surface area contributed by atoms with Crippen LogP contribution in [-0.2, 0) is 4.57 Å². The molecule has 230 valence electrons. The Labute approximate surface area is 278 Å². The van der Waals surface area contributed by atoms with Gasteiger partial charge in [0.15, 0.2) is 0 Å². The second-order valence-electron chi connectivity index (χ2n) is 13.3. The van der Waals surface area contributed by atoms with Gasteiger partial charge in [-0.3, -0.25) is 0 Å². The van der Waals surface area contributed by atoms with Gasteiger partial charge in [0.25, 0.3) is 0 Å². The molecule has 2 aliphatic rings. The second kappa shape index (κ2) is 12.0. The van der Waals surface area contributed by atoms with Crippen LogP contribution in [0.3, 0.4) is 0 Å². The Balaban J connectivity index is 1.17. The fourth-order valence-corrected chi connectivity index (χ4v) is 8.28. The molecule has 2 nitrogen and oxygen atoms in total. The molecule has 47 heavy (non-hydrogen) atoms. The molecule has 8 rings (SSSR count). The highest BCUT2D eigenvalue weighted by atomic mass is 31.2. The van der Waals surface area contributed by atoms with Gasteiger partial charge in [-0.05, 0) is 101 Å². The van der Waals surface area contributed by atoms with Gasteiger partial charge in [0.1, 0.15) is 7.14 Å². The third kappa shape index (κ3) is 5.69. The van der Waals surface area contributed by atoms with Crippen LogP contribution in [0.4, 0.5) is 11.4 Å². The summed E-state index contributed by atoms with van der Waals surface area (Å²) in [5.74, 6) is 0.716. The fourth-order valence-electron chi connectivity index (χ4n) is 7.39. The number of rotatable bonds is 6. The van der Waals surface area contributed by atoms with Gasteiger partial charge in [0, 0.05) is 28.3 Å². The van der Waals surface area contributed by atoms with E-state index in [4.69, 9.17) is 0 Å². The van der Waals surface area contributed by atoms with Crippen molar-refractivity contribution >= 4 is 23.8 Å². The Hall–Kier alpha value is -4.91. The Morgan fingerprint density at radius 1 is 0.574 bits per heavy atom. The minimum absolute atomic E-state index is 0.278. The largest absolute Gasteiger partial charge is 0.319 e. The molecular formula is C44H38NOP. The van der Waals surface area contributed by atoms with Crippen LogP contribution in [0, 0.1) is 0 Å². The Bertz CT molecular complexity index is 2130. The average molecular weight is 628 g/mol. The predicted octanol–water partition coefficient (Wildman–Crippen LogP) is 11.6. The zero-order chi connectivity index (χ0) is 32.0. The summed E-state index contributed by atoms with van der Waals surface area (Å²) in [4.78, 5) is 2.43. The number of anilines is 2. The molecule has 1 aliphatic heterocycles. The quantitative estimate of drug-likeness (QED) is 0.171. The van der Waals surface area contributed by atoms with Crippen LogP contribution in [0.1, 0.15) is 35.8 Å². The van der Waals surface area contributed by atoms with Gasteiger partial charge in [-0.1, -0.05) is 133 Å². The van der Waals surface area contributed by atoms with Crippen LogP contribution < -0.4 is 10.2 Å². The first-order valence-electron chi connectivity index (χ1n) is 16.5. The highest BCUT2D eigenvalue weighted by Gasteiger charge is 2.39. The summed E-state index contributed by atoms with van der Waals surface area (Å²) < 4.78 is 13.1. The monoisotopic (exact) mass is 627 g/mol. The Kier molecular flexibility index (Phi) is 7.55. The maximum atomic E-state index is 13.1. The van der Waals surface area contributed by atoms with E-state index < -0.39 is 7.14 Å². The number of hydrogen-bond donors (Lipinski definition) is 0. The molecule has 0 fully saturated rings. The zero-order valence-electron chi connectivity index (χ0n) is 26.9. The molecular weight excluding hydrogens is 589 g/mol. The van der Waals surface area contributed by atoms with E-state index >= 15 is 0 Å². The van der Waals surface area contributed by atoms with Crippen molar-refractivity contribution in [3.8, 4) is 33.4 Å². The number of hydrogen-bond acceptors (Lipinski definition) is 2. The molecule has 3 heteroatoms. The molecule has 1 aliphatic carbocycles. The summed E-state index contributed by atoms with van der Waals surface area (Å²) in [6, 6.07) is 54.6. The first kappa shape index (κ1) is 29.5. The van der Waals surface area contributed by atoms with Crippen LogP contribution in [0.25, 0.3) is 33.4 Å². The van der Waals surface area contributed by atoms with Gasteiger partial charge >= 0.3 is 0 Å². The average Bonchev–Trinajstić information content (AvgIpc) is 3.45. The van der Waals surface area contributed by atoms with E-state index in [1.54, 1.807) is 0 Å². The number of nitrogens with zero attached hydrogens (tertiary/aromatic N) is 1. The summed E-state index contributed by atoms with van der Waals surface area (Å²) in [6.45, 7) is 3.71. The van der Waals surface area contributed by atoms with Crippen LogP contribution in [0.15, 0.2) is 163 Å². The summed E-state index contributed by atoms with van der Waals surface area (Å²) in [6.07, 6.45) is 4.51. The SMILES string of the molecule is CP(C)(=O)c1cccc(N2C3=CCC(c4ccc(-c5ccccc5)cc4)CC3c3cc(-c4ccc(-c5ccccc5)cc4)ccc32)c1. The van der Waals surface area contributed by atoms with Gasteiger partial charge in [0.05, 0.1) is 0 Å². The molecule has 6 aromatic carbocycles. The van der Waals surface area contributed by atoms with Gasteiger partial charge in [-0.25, -0.2) is 0 Å². The predicted molar refractivity (Wildman–Crippen MR) is 200 cm³/mol. The van der Waals surface area contributed by atoms with Crippen LogP contribution in [-0.4, -0.2) is 13.3 Å². The van der Waals surface area contributed by atoms with Gasteiger partial charge in [-0.2, -0.15) is 0 Å². The van der Waals surface area contributed by atoms with Crippen LogP contribution >= 0.6 is 7.14 Å². The van der Waals surface area contributed by atoms with E-state index in [0.717, 1.165) is 23.8 Å². The van der Waals surface area contributed by atoms with E-state index in [1.165, 1.54) is 55.9 Å². The molecule has 2 unspecified atom stereocenters. The van der Waals surface area contributed by atoms with Crippen molar-refractivity contribution in [1.29, 1.82) is 0 Å². The van der Waals surface area contributed by atoms with E-state index in [-0.39, 0.29) is 5.92 Å². The molecule has 0 aromatic heterocycles. The Morgan fingerprint density at radius 3 is 1.74 bits per heavy atom. The van der Waals surface area contributed by atoms with Crippen LogP contribution in [0.2, 0.25) is 0 Å². The number of allylic oxidation sites excluding steroid dienone is 2. The smallest absolute Gasteiger partial charge is 0.109 e. The third-order valence-electron chi connectivity index (χ3n) is 9.92. The lowest BCUT2D eigenvalue weighted by atomic mass is 9.78. The molecule has 0 radical (unpaired) electrons. The first-order valence-corrected chi connectivity index (χ1v) is 19.1. The van der Waals surface area contributed by atoms with Gasteiger partial charge < -0.3 is 9.46 Å². The van der Waals surface area contributed by atoms with Crippen molar-refractivity contribution in [2.45, 2.75) is 24.7 Å². The highest BCUT2D eigenvalue weighted by molar-refractivity contribution is 7.70. The van der Waals surface area contributed by atoms with Crippen molar-refractivity contribution in [3.63, 3.8) is 0 Å². The maximum absolute atomic E-state index is 13.1. The van der Waals surface area contributed by atoms with Crippen molar-refractivity contribution in [2.24, 2.45) is 0 Å². The van der Waals surface area contributed by atoms with E-state index in [9.17, 15) is 4.57 Å². The van der Waals surface area contributed by atoms with Crippen molar-refractivity contribution in [3.05, 3.63) is 175 Å². The molecule has 0 saturated carbocycles. The normalized spacial score (nSPS) is 17.1. The molecule has 2 atom stereocenters. The minimum atomic E-state index is -2.40. The lowest BCUT2D eigenvalue weighted by molar-refractivity contribution is 0.552. The number of benzene rings is 6. The van der Waals surface area contributed by atoms with E-state index in [2.05, 4.69) is 157 Å². The second-order valence-corrected chi connectivity index (χ2v) is 16.5. The lowest BCUT2D eigenvalue weighted by Crippen LogP contribution is -2.19. The van der Waals surface area contributed by atoms with Crippen molar-refractivity contribution < 1.29 is 4.57 Å². The van der Waals surface area contributed by atoms with E-state index in [1.807, 2.05) is 19.4 Å². The standard InChI is InChI=1S/C44H38NOP/c1-47(2,46)40-15-9-14-39(30-40)45-43-26-24-37(35-20-16-33(17-21-35)31-10-5-3-6-11-31)28-41(43)42-29-38(25-27-44(42)45)36-22-18-34(19-23-36)32-12-7-4-8-13-32/h3-24,26-28,30,38,42H,25,29H2,1-2H3. The zero-order valence-corrected chi connectivity index (χ0v) is 27.8. The van der Waals surface area contributed by atoms with Crippen LogP contribution in [0.5, 0.6) is 0 Å². The van der Waals surface area contributed by atoms with Gasteiger partial charge in [-0.15, -0.1) is 0 Å². The van der Waals surface area contributed by atoms with Crippen molar-refractivity contribution in [2.75, 3.05) is 18.2 Å². The molecule has 0 spiro atoms. The minimum Gasteiger partial charge on any atom is -0.319 e. The maximum Gasteiger partial charge on any atom is 0.109 e. The lowest BCUT2D eigenvalue weighted by Gasteiger charge is -2.30. The summed E-state index contributed by atoms with van der Waals surface area (Å²) in [5.41, 5.74) is 13.8. The molecule has 0 bridgehead atoms. The fraction of sp³-hybridized carbons (Fsp3) is 0.136. The Morgan fingerprint density at radius 2 is 1.13 bits per heavy atom. The van der Waals surface area contributed by atoms with Crippen molar-refractivity contribution in [1.82, 2.24) is 0 Å². The molecule has 0 amide bonds. The van der Waals surface area contributed by atoms with Gasteiger partial charge in [0.2, 0.25) is 0 Å². The highest BCUT2D eigenvalue weighted by Crippen LogP contribution is 2.55. The topological polar surface area (TPSA) is 20.3 Å². The third-order valence-corrected chi connectivity index (χ3v) is 11.4.